The first-order valence-electron chi connectivity index (χ1n) is 7.26. The van der Waals surface area contributed by atoms with Crippen LogP contribution in [0.25, 0.3) is 11.2 Å². The van der Waals surface area contributed by atoms with Crippen LogP contribution in [0.2, 0.25) is 0 Å². The summed E-state index contributed by atoms with van der Waals surface area (Å²) in [6.07, 6.45) is 1.49. The Labute approximate surface area is 138 Å². The summed E-state index contributed by atoms with van der Waals surface area (Å²) >= 11 is 1.05. The Balaban J connectivity index is 1.71. The molecular weight excluding hydrogens is 338 g/mol. The van der Waals surface area contributed by atoms with Crippen molar-refractivity contribution < 1.29 is 13.2 Å². The van der Waals surface area contributed by atoms with E-state index in [1.165, 1.54) is 10.5 Å². The van der Waals surface area contributed by atoms with Crippen LogP contribution < -0.4 is 0 Å². The predicted octanol–water partition coefficient (Wildman–Crippen LogP) is 0.582. The number of pyridine rings is 1. The summed E-state index contributed by atoms with van der Waals surface area (Å²) < 4.78 is 33.8. The van der Waals surface area contributed by atoms with Gasteiger partial charge < -0.3 is 4.90 Å². The van der Waals surface area contributed by atoms with Crippen molar-refractivity contribution in [2.75, 3.05) is 26.2 Å². The molecule has 3 rings (SSSR count). The van der Waals surface area contributed by atoms with Gasteiger partial charge in [-0.2, -0.15) is 13.1 Å². The summed E-state index contributed by atoms with van der Waals surface area (Å²) in [6.45, 7) is 4.71. The molecule has 1 aliphatic heterocycles. The van der Waals surface area contributed by atoms with Crippen molar-refractivity contribution in [2.45, 2.75) is 19.1 Å². The van der Waals surface area contributed by atoms with E-state index in [0.717, 1.165) is 11.7 Å². The maximum Gasteiger partial charge on any atom is 0.255 e. The van der Waals surface area contributed by atoms with E-state index in [4.69, 9.17) is 0 Å². The van der Waals surface area contributed by atoms with Gasteiger partial charge >= 0.3 is 0 Å². The maximum atomic E-state index is 12.5. The summed E-state index contributed by atoms with van der Waals surface area (Å²) in [5.41, 5.74) is 1.58. The zero-order valence-corrected chi connectivity index (χ0v) is 14.5. The minimum atomic E-state index is -3.27. The minimum Gasteiger partial charge on any atom is -0.336 e. The van der Waals surface area contributed by atoms with E-state index in [2.05, 4.69) is 13.7 Å². The van der Waals surface area contributed by atoms with E-state index in [1.54, 1.807) is 24.8 Å². The van der Waals surface area contributed by atoms with Crippen LogP contribution >= 0.6 is 11.7 Å². The van der Waals surface area contributed by atoms with Gasteiger partial charge in [0, 0.05) is 32.4 Å². The van der Waals surface area contributed by atoms with Crippen molar-refractivity contribution in [3.63, 3.8) is 0 Å². The highest BCUT2D eigenvalue weighted by Crippen LogP contribution is 2.16. The van der Waals surface area contributed by atoms with Crippen molar-refractivity contribution in [2.24, 2.45) is 0 Å². The Hall–Kier alpha value is -1.65. The lowest BCUT2D eigenvalue weighted by Gasteiger charge is -2.34. The molecule has 3 heterocycles. The quantitative estimate of drug-likeness (QED) is 0.799. The third-order valence-corrected chi connectivity index (χ3v) is 6.65. The molecule has 1 fully saturated rings. The Morgan fingerprint density at radius 2 is 1.91 bits per heavy atom. The average molecular weight is 355 g/mol. The predicted molar refractivity (Wildman–Crippen MR) is 86.7 cm³/mol. The first-order chi connectivity index (χ1) is 10.9. The molecule has 0 spiro atoms. The third kappa shape index (κ3) is 3.06. The summed E-state index contributed by atoms with van der Waals surface area (Å²) in [5, 5.41) is -0.450. The van der Waals surface area contributed by atoms with Crippen LogP contribution in [-0.2, 0) is 10.0 Å². The molecule has 0 saturated carbocycles. The van der Waals surface area contributed by atoms with Crippen LogP contribution in [0.4, 0.5) is 0 Å². The summed E-state index contributed by atoms with van der Waals surface area (Å²) in [4.78, 5) is 18.3. The second-order valence-electron chi connectivity index (χ2n) is 5.62. The van der Waals surface area contributed by atoms with Gasteiger partial charge in [0.25, 0.3) is 5.91 Å². The van der Waals surface area contributed by atoms with Crippen molar-refractivity contribution in [3.05, 3.63) is 17.8 Å². The molecule has 1 saturated heterocycles. The molecule has 0 aliphatic carbocycles. The number of carbonyl (C=O) groups is 1. The SMILES string of the molecule is CC(C)S(=O)(=O)N1CCN(C(=O)c2cnc3nsnc3c2)CC1. The number of hydrogen-bond acceptors (Lipinski definition) is 7. The molecule has 0 aromatic carbocycles. The molecule has 2 aromatic heterocycles. The molecule has 8 nitrogen and oxygen atoms in total. The van der Waals surface area contributed by atoms with Gasteiger partial charge in [-0.1, -0.05) is 0 Å². The van der Waals surface area contributed by atoms with Gasteiger partial charge in [-0.3, -0.25) is 4.79 Å². The highest BCUT2D eigenvalue weighted by molar-refractivity contribution is 7.89. The van der Waals surface area contributed by atoms with Crippen LogP contribution in [0.5, 0.6) is 0 Å². The van der Waals surface area contributed by atoms with E-state index >= 15 is 0 Å². The zero-order valence-electron chi connectivity index (χ0n) is 12.8. The second-order valence-corrected chi connectivity index (χ2v) is 8.63. The van der Waals surface area contributed by atoms with E-state index in [1.807, 2.05) is 0 Å². The smallest absolute Gasteiger partial charge is 0.255 e. The van der Waals surface area contributed by atoms with E-state index in [9.17, 15) is 13.2 Å². The van der Waals surface area contributed by atoms with E-state index in [0.29, 0.717) is 42.9 Å². The molecule has 1 aliphatic rings. The van der Waals surface area contributed by atoms with Gasteiger partial charge in [0.2, 0.25) is 10.0 Å². The van der Waals surface area contributed by atoms with Gasteiger partial charge in [0.15, 0.2) is 5.65 Å². The van der Waals surface area contributed by atoms with E-state index < -0.39 is 15.3 Å². The molecular formula is C13H17N5O3S2. The molecule has 0 unspecified atom stereocenters. The Kier molecular flexibility index (Phi) is 4.30. The molecule has 124 valence electrons. The number of piperazine rings is 1. The van der Waals surface area contributed by atoms with Gasteiger partial charge in [0.05, 0.1) is 22.5 Å². The fourth-order valence-corrected chi connectivity index (χ4v) is 4.18. The van der Waals surface area contributed by atoms with Gasteiger partial charge in [0.1, 0.15) is 5.52 Å². The first-order valence-corrected chi connectivity index (χ1v) is 9.49. The van der Waals surface area contributed by atoms with Crippen molar-refractivity contribution in [1.82, 2.24) is 22.9 Å². The highest BCUT2D eigenvalue weighted by Gasteiger charge is 2.31. The molecule has 2 aromatic rings. The first kappa shape index (κ1) is 16.2. The number of aromatic nitrogens is 3. The minimum absolute atomic E-state index is 0.158. The van der Waals surface area contributed by atoms with Gasteiger partial charge in [-0.05, 0) is 19.9 Å². The summed E-state index contributed by atoms with van der Waals surface area (Å²) in [6, 6.07) is 1.67. The topological polar surface area (TPSA) is 96.4 Å². The lowest BCUT2D eigenvalue weighted by molar-refractivity contribution is 0.0697. The maximum absolute atomic E-state index is 12.5. The fourth-order valence-electron chi connectivity index (χ4n) is 2.43. The number of fused-ring (bicyclic) bond motifs is 1. The Morgan fingerprint density at radius 3 is 2.57 bits per heavy atom. The van der Waals surface area contributed by atoms with E-state index in [-0.39, 0.29) is 5.91 Å². The summed E-state index contributed by atoms with van der Waals surface area (Å²) in [7, 11) is -3.27. The molecule has 0 N–H and O–H groups in total. The molecule has 1 amide bonds. The van der Waals surface area contributed by atoms with Crippen LogP contribution in [0.1, 0.15) is 24.2 Å². The number of sulfonamides is 1. The van der Waals surface area contributed by atoms with Gasteiger partial charge in [-0.15, -0.1) is 0 Å². The number of amides is 1. The molecule has 23 heavy (non-hydrogen) atoms. The van der Waals surface area contributed by atoms with Crippen molar-refractivity contribution in [3.8, 4) is 0 Å². The van der Waals surface area contributed by atoms with Crippen molar-refractivity contribution >= 4 is 38.8 Å². The van der Waals surface area contributed by atoms with Crippen LogP contribution in [0.3, 0.4) is 0 Å². The Bertz CT molecular complexity index is 825. The molecule has 10 heteroatoms. The normalized spacial score (nSPS) is 17.1. The second kappa shape index (κ2) is 6.10. The average Bonchev–Trinajstić information content (AvgIpc) is 3.01. The fraction of sp³-hybridized carbons (Fsp3) is 0.538. The Morgan fingerprint density at radius 1 is 1.22 bits per heavy atom. The lowest BCUT2D eigenvalue weighted by Crippen LogP contribution is -2.51. The summed E-state index contributed by atoms with van der Waals surface area (Å²) in [5.74, 6) is -0.158. The van der Waals surface area contributed by atoms with Crippen molar-refractivity contribution in [1.29, 1.82) is 0 Å². The van der Waals surface area contributed by atoms with Gasteiger partial charge in [-0.25, -0.2) is 13.4 Å². The molecule has 0 bridgehead atoms. The lowest BCUT2D eigenvalue weighted by atomic mass is 10.2. The number of rotatable bonds is 3. The standard InChI is InChI=1S/C13H17N5O3S2/c1-9(2)23(20,21)18-5-3-17(4-6-18)13(19)10-7-11-12(14-8-10)16-22-15-11/h7-9H,3-6H2,1-2H3. The highest BCUT2D eigenvalue weighted by atomic mass is 32.2. The third-order valence-electron chi connectivity index (χ3n) is 3.84. The molecule has 0 atom stereocenters. The van der Waals surface area contributed by atoms with Crippen LogP contribution in [0.15, 0.2) is 12.3 Å². The number of hydrogen-bond donors (Lipinski definition) is 0. The number of carbonyl (C=O) groups excluding carboxylic acids is 1. The largest absolute Gasteiger partial charge is 0.336 e. The monoisotopic (exact) mass is 355 g/mol. The van der Waals surface area contributed by atoms with Crippen LogP contribution in [0, 0.1) is 0 Å². The van der Waals surface area contributed by atoms with Crippen LogP contribution in [-0.4, -0.2) is 68.7 Å². The molecule has 0 radical (unpaired) electrons. The number of nitrogens with zero attached hydrogens (tertiary/aromatic N) is 5. The zero-order chi connectivity index (χ0) is 16.6.